The summed E-state index contributed by atoms with van der Waals surface area (Å²) in [6, 6.07) is 2.14. The zero-order chi connectivity index (χ0) is 12.1. The predicted octanol–water partition coefficient (Wildman–Crippen LogP) is 1.49. The van der Waals surface area contributed by atoms with Crippen LogP contribution in [0, 0.1) is 11.6 Å². The van der Waals surface area contributed by atoms with Crippen molar-refractivity contribution >= 4 is 5.91 Å². The first-order valence-electron chi connectivity index (χ1n) is 5.04. The van der Waals surface area contributed by atoms with E-state index in [1.165, 1.54) is 6.07 Å². The topological polar surface area (TPSA) is 55.1 Å². The van der Waals surface area contributed by atoms with Crippen LogP contribution in [0.2, 0.25) is 0 Å². The maximum Gasteiger partial charge on any atom is 0.239 e. The lowest BCUT2D eigenvalue weighted by molar-refractivity contribution is -0.120. The standard InChI is InChI=1S/C11H14F2N2O/c1-2-5-15-10(11(14)16)8-4-3-7(12)6-9(8)13/h3-4,6,10,15H,2,5H2,1H3,(H2,14,16). The van der Waals surface area contributed by atoms with E-state index in [1.807, 2.05) is 6.92 Å². The van der Waals surface area contributed by atoms with Crippen LogP contribution in [0.1, 0.15) is 24.9 Å². The first-order chi connectivity index (χ1) is 7.56. The lowest BCUT2D eigenvalue weighted by Gasteiger charge is -2.15. The van der Waals surface area contributed by atoms with Crippen molar-refractivity contribution in [2.45, 2.75) is 19.4 Å². The molecule has 0 fully saturated rings. The van der Waals surface area contributed by atoms with E-state index in [9.17, 15) is 13.6 Å². The molecule has 1 rings (SSSR count). The molecule has 1 aromatic rings. The van der Waals surface area contributed by atoms with Crippen molar-refractivity contribution < 1.29 is 13.6 Å². The Morgan fingerprint density at radius 1 is 1.50 bits per heavy atom. The fourth-order valence-corrected chi connectivity index (χ4v) is 1.39. The molecule has 0 aliphatic rings. The number of halogens is 2. The molecule has 3 N–H and O–H groups in total. The fraction of sp³-hybridized carbons (Fsp3) is 0.364. The SMILES string of the molecule is CCCNC(C(N)=O)c1ccc(F)cc1F. The molecular weight excluding hydrogens is 214 g/mol. The first kappa shape index (κ1) is 12.6. The van der Waals surface area contributed by atoms with Crippen LogP contribution in [-0.2, 0) is 4.79 Å². The summed E-state index contributed by atoms with van der Waals surface area (Å²) >= 11 is 0. The van der Waals surface area contributed by atoms with E-state index in [0.29, 0.717) is 6.54 Å². The first-order valence-corrected chi connectivity index (χ1v) is 5.04. The van der Waals surface area contributed by atoms with Gasteiger partial charge in [0.2, 0.25) is 5.91 Å². The third kappa shape index (κ3) is 3.00. The second kappa shape index (κ2) is 5.55. The number of rotatable bonds is 5. The molecule has 0 spiro atoms. The highest BCUT2D eigenvalue weighted by atomic mass is 19.1. The maximum atomic E-state index is 13.4. The summed E-state index contributed by atoms with van der Waals surface area (Å²) in [6.45, 7) is 2.44. The van der Waals surface area contributed by atoms with Gasteiger partial charge in [0.05, 0.1) is 0 Å². The van der Waals surface area contributed by atoms with Crippen molar-refractivity contribution in [3.63, 3.8) is 0 Å². The van der Waals surface area contributed by atoms with E-state index in [0.717, 1.165) is 18.6 Å². The van der Waals surface area contributed by atoms with Gasteiger partial charge in [-0.1, -0.05) is 13.0 Å². The third-order valence-corrected chi connectivity index (χ3v) is 2.16. The Balaban J connectivity index is 2.96. The number of benzene rings is 1. The van der Waals surface area contributed by atoms with E-state index in [-0.39, 0.29) is 5.56 Å². The summed E-state index contributed by atoms with van der Waals surface area (Å²) < 4.78 is 26.1. The summed E-state index contributed by atoms with van der Waals surface area (Å²) in [7, 11) is 0. The Kier molecular flexibility index (Phi) is 4.37. The van der Waals surface area contributed by atoms with E-state index in [1.54, 1.807) is 0 Å². The minimum absolute atomic E-state index is 0.0716. The Hall–Kier alpha value is -1.49. The molecule has 0 saturated heterocycles. The van der Waals surface area contributed by atoms with Gasteiger partial charge >= 0.3 is 0 Å². The van der Waals surface area contributed by atoms with E-state index in [4.69, 9.17) is 5.73 Å². The largest absolute Gasteiger partial charge is 0.368 e. The fourth-order valence-electron chi connectivity index (χ4n) is 1.39. The van der Waals surface area contributed by atoms with Crippen LogP contribution in [0.25, 0.3) is 0 Å². The smallest absolute Gasteiger partial charge is 0.239 e. The summed E-state index contributed by atoms with van der Waals surface area (Å²) in [4.78, 5) is 11.1. The zero-order valence-electron chi connectivity index (χ0n) is 8.97. The molecule has 0 heterocycles. The Labute approximate surface area is 92.6 Å². The van der Waals surface area contributed by atoms with Gasteiger partial charge in [-0.25, -0.2) is 8.78 Å². The Morgan fingerprint density at radius 2 is 2.19 bits per heavy atom. The van der Waals surface area contributed by atoms with Gasteiger partial charge < -0.3 is 11.1 Å². The zero-order valence-corrected chi connectivity index (χ0v) is 8.97. The second-order valence-electron chi connectivity index (χ2n) is 3.46. The molecule has 1 unspecified atom stereocenters. The van der Waals surface area contributed by atoms with Gasteiger partial charge in [-0.2, -0.15) is 0 Å². The lowest BCUT2D eigenvalue weighted by Crippen LogP contribution is -2.34. The number of carbonyl (C=O) groups excluding carboxylic acids is 1. The monoisotopic (exact) mass is 228 g/mol. The molecule has 1 aromatic carbocycles. The number of amides is 1. The van der Waals surface area contributed by atoms with Crippen molar-refractivity contribution in [3.8, 4) is 0 Å². The summed E-state index contributed by atoms with van der Waals surface area (Å²) in [6.07, 6.45) is 0.784. The molecule has 3 nitrogen and oxygen atoms in total. The number of hydrogen-bond donors (Lipinski definition) is 2. The second-order valence-corrected chi connectivity index (χ2v) is 3.46. The average molecular weight is 228 g/mol. The molecule has 16 heavy (non-hydrogen) atoms. The van der Waals surface area contributed by atoms with Crippen LogP contribution >= 0.6 is 0 Å². The molecule has 0 saturated carbocycles. The van der Waals surface area contributed by atoms with Crippen LogP contribution < -0.4 is 11.1 Å². The van der Waals surface area contributed by atoms with Crippen molar-refractivity contribution in [3.05, 3.63) is 35.4 Å². The molecule has 1 amide bonds. The normalized spacial score (nSPS) is 12.4. The lowest BCUT2D eigenvalue weighted by atomic mass is 10.1. The van der Waals surface area contributed by atoms with E-state index >= 15 is 0 Å². The Bertz CT molecular complexity index is 382. The van der Waals surface area contributed by atoms with Crippen LogP contribution in [0.3, 0.4) is 0 Å². The van der Waals surface area contributed by atoms with Gasteiger partial charge in [-0.05, 0) is 19.0 Å². The molecule has 88 valence electrons. The highest BCUT2D eigenvalue weighted by Crippen LogP contribution is 2.17. The molecule has 0 aromatic heterocycles. The highest BCUT2D eigenvalue weighted by molar-refractivity contribution is 5.81. The van der Waals surface area contributed by atoms with Crippen molar-refractivity contribution in [2.24, 2.45) is 5.73 Å². The highest BCUT2D eigenvalue weighted by Gasteiger charge is 2.20. The van der Waals surface area contributed by atoms with E-state index < -0.39 is 23.6 Å². The quantitative estimate of drug-likeness (QED) is 0.802. The van der Waals surface area contributed by atoms with Crippen molar-refractivity contribution in [2.75, 3.05) is 6.54 Å². The van der Waals surface area contributed by atoms with Gasteiger partial charge in [0, 0.05) is 11.6 Å². The molecule has 0 aliphatic carbocycles. The minimum atomic E-state index is -0.916. The Morgan fingerprint density at radius 3 is 2.69 bits per heavy atom. The number of nitrogens with one attached hydrogen (secondary N) is 1. The molecule has 5 heteroatoms. The van der Waals surface area contributed by atoms with Crippen LogP contribution in [-0.4, -0.2) is 12.5 Å². The van der Waals surface area contributed by atoms with Crippen LogP contribution in [0.15, 0.2) is 18.2 Å². The summed E-state index contributed by atoms with van der Waals surface area (Å²) in [5.74, 6) is -2.13. The molecule has 0 bridgehead atoms. The number of nitrogens with two attached hydrogens (primary N) is 1. The molecule has 0 aliphatic heterocycles. The average Bonchev–Trinajstić information content (AvgIpc) is 2.20. The maximum absolute atomic E-state index is 13.4. The van der Waals surface area contributed by atoms with Crippen LogP contribution in [0.5, 0.6) is 0 Å². The summed E-state index contributed by atoms with van der Waals surface area (Å²) in [5, 5.41) is 2.81. The summed E-state index contributed by atoms with van der Waals surface area (Å²) in [5.41, 5.74) is 5.23. The number of hydrogen-bond acceptors (Lipinski definition) is 2. The molecular formula is C11H14F2N2O. The van der Waals surface area contributed by atoms with Gasteiger partial charge in [-0.15, -0.1) is 0 Å². The van der Waals surface area contributed by atoms with Crippen molar-refractivity contribution in [1.82, 2.24) is 5.32 Å². The van der Waals surface area contributed by atoms with Gasteiger partial charge in [-0.3, -0.25) is 4.79 Å². The van der Waals surface area contributed by atoms with E-state index in [2.05, 4.69) is 5.32 Å². The van der Waals surface area contributed by atoms with Gasteiger partial charge in [0.25, 0.3) is 0 Å². The van der Waals surface area contributed by atoms with Gasteiger partial charge in [0.15, 0.2) is 0 Å². The van der Waals surface area contributed by atoms with Crippen LogP contribution in [0.4, 0.5) is 8.78 Å². The van der Waals surface area contributed by atoms with Gasteiger partial charge in [0.1, 0.15) is 17.7 Å². The number of carbonyl (C=O) groups is 1. The van der Waals surface area contributed by atoms with Crippen molar-refractivity contribution in [1.29, 1.82) is 0 Å². The predicted molar refractivity (Wildman–Crippen MR) is 56.6 cm³/mol. The molecule has 0 radical (unpaired) electrons. The number of primary amides is 1. The molecule has 1 atom stereocenters. The third-order valence-electron chi connectivity index (χ3n) is 2.16. The minimum Gasteiger partial charge on any atom is -0.368 e.